The van der Waals surface area contributed by atoms with Crippen molar-refractivity contribution in [3.8, 4) is 11.3 Å². The third-order valence-corrected chi connectivity index (χ3v) is 5.39. The van der Waals surface area contributed by atoms with Gasteiger partial charge in [-0.1, -0.05) is 30.3 Å². The lowest BCUT2D eigenvalue weighted by Crippen LogP contribution is -2.35. The maximum Gasteiger partial charge on any atom is 0.280 e. The van der Waals surface area contributed by atoms with Crippen LogP contribution in [0.1, 0.15) is 41.6 Å². The first kappa shape index (κ1) is 20.7. The van der Waals surface area contributed by atoms with Gasteiger partial charge in [-0.25, -0.2) is 18.3 Å². The number of alkyl halides is 2. The quantitative estimate of drug-likeness (QED) is 0.418. The summed E-state index contributed by atoms with van der Waals surface area (Å²) < 4.78 is 33.9. The first-order valence-electron chi connectivity index (χ1n) is 9.97. The van der Waals surface area contributed by atoms with E-state index in [1.807, 2.05) is 25.1 Å². The number of aryl methyl sites for hydroxylation is 1. The highest BCUT2D eigenvalue weighted by molar-refractivity contribution is 6.00. The van der Waals surface area contributed by atoms with Crippen molar-refractivity contribution >= 4 is 11.6 Å². The molecule has 1 amide bonds. The molecule has 3 heterocycles. The van der Waals surface area contributed by atoms with Gasteiger partial charge in [0.1, 0.15) is 17.0 Å². The molecule has 0 bridgehead atoms. The van der Waals surface area contributed by atoms with Crippen LogP contribution in [-0.4, -0.2) is 38.5 Å². The highest BCUT2D eigenvalue weighted by Crippen LogP contribution is 2.27. The molecule has 1 atom stereocenters. The van der Waals surface area contributed by atoms with Crippen molar-refractivity contribution in [2.75, 3.05) is 7.05 Å². The van der Waals surface area contributed by atoms with Crippen LogP contribution in [0.5, 0.6) is 0 Å². The normalized spacial score (nSPS) is 12.4. The highest BCUT2D eigenvalue weighted by atomic mass is 19.3. The van der Waals surface area contributed by atoms with Gasteiger partial charge in [0, 0.05) is 25.1 Å². The molecule has 0 spiro atoms. The van der Waals surface area contributed by atoms with Gasteiger partial charge in [0.05, 0.1) is 18.2 Å². The van der Waals surface area contributed by atoms with Crippen LogP contribution in [0, 0.1) is 0 Å². The summed E-state index contributed by atoms with van der Waals surface area (Å²) in [5.41, 5.74) is 1.05. The second kappa shape index (κ2) is 8.67. The van der Waals surface area contributed by atoms with E-state index < -0.39 is 6.43 Å². The maximum absolute atomic E-state index is 13.7. The Hall–Kier alpha value is -3.55. The Labute approximate surface area is 178 Å². The van der Waals surface area contributed by atoms with Crippen LogP contribution >= 0.6 is 0 Å². The fourth-order valence-electron chi connectivity index (χ4n) is 3.44. The van der Waals surface area contributed by atoms with E-state index in [1.165, 1.54) is 12.3 Å². The van der Waals surface area contributed by atoms with E-state index in [1.54, 1.807) is 42.5 Å². The van der Waals surface area contributed by atoms with E-state index in [-0.39, 0.29) is 28.9 Å². The molecule has 0 saturated carbocycles. The zero-order valence-corrected chi connectivity index (χ0v) is 17.2. The van der Waals surface area contributed by atoms with Gasteiger partial charge in [0.2, 0.25) is 0 Å². The molecule has 0 radical (unpaired) electrons. The molecule has 0 N–H and O–H groups in total. The highest BCUT2D eigenvalue weighted by Gasteiger charge is 2.25. The van der Waals surface area contributed by atoms with Crippen LogP contribution in [0.15, 0.2) is 65.4 Å². The van der Waals surface area contributed by atoms with Crippen molar-refractivity contribution in [3.05, 3.63) is 78.0 Å². The molecule has 0 saturated heterocycles. The number of rotatable bonds is 7. The van der Waals surface area contributed by atoms with E-state index in [0.29, 0.717) is 24.1 Å². The van der Waals surface area contributed by atoms with Crippen LogP contribution in [0.25, 0.3) is 16.9 Å². The molecule has 0 fully saturated rings. The summed E-state index contributed by atoms with van der Waals surface area (Å²) >= 11 is 0. The zero-order valence-electron chi connectivity index (χ0n) is 17.2. The Kier molecular flexibility index (Phi) is 5.79. The molecule has 3 aromatic heterocycles. The average molecular weight is 424 g/mol. The molecule has 0 aliphatic heterocycles. The lowest BCUT2D eigenvalue weighted by atomic mass is 10.1. The summed E-state index contributed by atoms with van der Waals surface area (Å²) in [6, 6.07) is 13.9. The number of halogens is 2. The lowest BCUT2D eigenvalue weighted by Gasteiger charge is -2.24. The Morgan fingerprint density at radius 3 is 2.65 bits per heavy atom. The SMILES string of the molecule is CC(CCc1ccco1)N(C)C(=O)c1cnn2c(C(F)F)cc(-c3ccccc3)nc12. The minimum Gasteiger partial charge on any atom is -0.469 e. The predicted octanol–water partition coefficient (Wildman–Crippen LogP) is 5.02. The largest absolute Gasteiger partial charge is 0.469 e. The minimum absolute atomic E-state index is 0.0978. The molecule has 4 rings (SSSR count). The van der Waals surface area contributed by atoms with E-state index in [9.17, 15) is 13.6 Å². The van der Waals surface area contributed by atoms with Gasteiger partial charge < -0.3 is 9.32 Å². The summed E-state index contributed by atoms with van der Waals surface area (Å²) in [6.07, 6.45) is 1.54. The maximum atomic E-state index is 13.7. The molecule has 4 aromatic rings. The second-order valence-electron chi connectivity index (χ2n) is 7.41. The van der Waals surface area contributed by atoms with E-state index >= 15 is 0 Å². The number of hydrogen-bond donors (Lipinski definition) is 0. The first-order valence-corrected chi connectivity index (χ1v) is 9.97. The lowest BCUT2D eigenvalue weighted by molar-refractivity contribution is 0.0738. The van der Waals surface area contributed by atoms with E-state index in [0.717, 1.165) is 10.3 Å². The van der Waals surface area contributed by atoms with Gasteiger partial charge >= 0.3 is 0 Å². The Morgan fingerprint density at radius 2 is 1.97 bits per heavy atom. The predicted molar refractivity (Wildman–Crippen MR) is 112 cm³/mol. The number of nitrogens with zero attached hydrogens (tertiary/aromatic N) is 4. The Balaban J connectivity index is 1.66. The van der Waals surface area contributed by atoms with Crippen molar-refractivity contribution in [2.45, 2.75) is 32.2 Å². The molecule has 0 aliphatic rings. The molecule has 0 aliphatic carbocycles. The number of benzene rings is 1. The Bertz CT molecular complexity index is 1170. The van der Waals surface area contributed by atoms with E-state index in [2.05, 4.69) is 10.1 Å². The van der Waals surface area contributed by atoms with Gasteiger partial charge in [-0.3, -0.25) is 4.79 Å². The summed E-state index contributed by atoms with van der Waals surface area (Å²) in [6.45, 7) is 1.93. The van der Waals surface area contributed by atoms with Gasteiger partial charge in [-0.15, -0.1) is 0 Å². The van der Waals surface area contributed by atoms with Crippen molar-refractivity contribution < 1.29 is 18.0 Å². The molecule has 6 nitrogen and oxygen atoms in total. The third-order valence-electron chi connectivity index (χ3n) is 5.39. The number of amides is 1. The van der Waals surface area contributed by atoms with E-state index in [4.69, 9.17) is 4.42 Å². The topological polar surface area (TPSA) is 63.6 Å². The van der Waals surface area contributed by atoms with Crippen molar-refractivity contribution in [1.29, 1.82) is 0 Å². The Morgan fingerprint density at radius 1 is 1.19 bits per heavy atom. The van der Waals surface area contributed by atoms with Gasteiger partial charge in [-0.05, 0) is 31.5 Å². The van der Waals surface area contributed by atoms with Crippen LogP contribution in [0.3, 0.4) is 0 Å². The van der Waals surface area contributed by atoms with Crippen molar-refractivity contribution in [3.63, 3.8) is 0 Å². The van der Waals surface area contributed by atoms with Gasteiger partial charge in [0.25, 0.3) is 12.3 Å². The number of aromatic nitrogens is 3. The minimum atomic E-state index is -2.76. The molecular formula is C23H22F2N4O2. The molecule has 31 heavy (non-hydrogen) atoms. The smallest absolute Gasteiger partial charge is 0.280 e. The standard InChI is InChI=1S/C23H22F2N4O2/c1-15(10-11-17-9-6-12-31-17)28(2)23(30)18-14-26-29-20(21(24)25)13-19(27-22(18)29)16-7-4-3-5-8-16/h3-9,12-15,21H,10-11H2,1-2H3. The number of furan rings is 1. The molecule has 1 aromatic carbocycles. The fourth-order valence-corrected chi connectivity index (χ4v) is 3.44. The summed E-state index contributed by atoms with van der Waals surface area (Å²) in [5.74, 6) is 0.527. The van der Waals surface area contributed by atoms with Crippen LogP contribution in [0.4, 0.5) is 8.78 Å². The zero-order chi connectivity index (χ0) is 22.0. The van der Waals surface area contributed by atoms with Crippen LogP contribution in [-0.2, 0) is 6.42 Å². The molecule has 1 unspecified atom stereocenters. The summed E-state index contributed by atoms with van der Waals surface area (Å²) in [7, 11) is 1.69. The van der Waals surface area contributed by atoms with Gasteiger partial charge in [-0.2, -0.15) is 5.10 Å². The van der Waals surface area contributed by atoms with Gasteiger partial charge in [0.15, 0.2) is 5.65 Å². The number of carbonyl (C=O) groups excluding carboxylic acids is 1. The number of fused-ring (bicyclic) bond motifs is 1. The third kappa shape index (κ3) is 4.19. The molecular weight excluding hydrogens is 402 g/mol. The van der Waals surface area contributed by atoms with Crippen LogP contribution in [0.2, 0.25) is 0 Å². The average Bonchev–Trinajstić information content (AvgIpc) is 3.46. The number of hydrogen-bond acceptors (Lipinski definition) is 4. The summed E-state index contributed by atoms with van der Waals surface area (Å²) in [4.78, 5) is 19.3. The first-order chi connectivity index (χ1) is 15.0. The monoisotopic (exact) mass is 424 g/mol. The molecule has 8 heteroatoms. The number of carbonyl (C=O) groups is 1. The second-order valence-corrected chi connectivity index (χ2v) is 7.41. The molecule has 160 valence electrons. The van der Waals surface area contributed by atoms with Crippen molar-refractivity contribution in [1.82, 2.24) is 19.5 Å². The van der Waals surface area contributed by atoms with Crippen LogP contribution < -0.4 is 0 Å². The fraction of sp³-hybridized carbons (Fsp3) is 0.261. The van der Waals surface area contributed by atoms with Crippen molar-refractivity contribution in [2.24, 2.45) is 0 Å². The summed E-state index contributed by atoms with van der Waals surface area (Å²) in [5, 5.41) is 4.04.